The molecule has 1 atom stereocenters. The first-order chi connectivity index (χ1) is 9.37. The molecule has 0 aromatic heterocycles. The van der Waals surface area contributed by atoms with E-state index in [-0.39, 0.29) is 18.4 Å². The van der Waals surface area contributed by atoms with Crippen LogP contribution in [0.5, 0.6) is 11.5 Å². The summed E-state index contributed by atoms with van der Waals surface area (Å²) in [6.45, 7) is 1.97. The monoisotopic (exact) mass is 295 g/mol. The molecule has 0 saturated heterocycles. The standard InChI is InChI=1S/C14H17NO4S/c1-10(9-15-20(2,17)18)19-14-8-7-13(16)11-5-3-4-6-12(11)14/h3-8,10,15-16H,9H2,1-2H3. The van der Waals surface area contributed by atoms with Gasteiger partial charge in [-0.15, -0.1) is 0 Å². The van der Waals surface area contributed by atoms with Crippen LogP contribution in [-0.4, -0.2) is 32.4 Å². The number of fused-ring (bicyclic) bond motifs is 1. The van der Waals surface area contributed by atoms with Gasteiger partial charge >= 0.3 is 0 Å². The van der Waals surface area contributed by atoms with Crippen molar-refractivity contribution in [1.82, 2.24) is 4.72 Å². The summed E-state index contributed by atoms with van der Waals surface area (Å²) in [5, 5.41) is 11.3. The normalized spacial score (nSPS) is 13.3. The van der Waals surface area contributed by atoms with Crippen molar-refractivity contribution in [3.63, 3.8) is 0 Å². The van der Waals surface area contributed by atoms with Gasteiger partial charge in [0.25, 0.3) is 0 Å². The van der Waals surface area contributed by atoms with Crippen LogP contribution in [-0.2, 0) is 10.0 Å². The summed E-state index contributed by atoms with van der Waals surface area (Å²) in [6.07, 6.45) is 0.785. The predicted molar refractivity (Wildman–Crippen MR) is 78.5 cm³/mol. The van der Waals surface area contributed by atoms with Gasteiger partial charge < -0.3 is 9.84 Å². The Morgan fingerprint density at radius 3 is 2.50 bits per heavy atom. The van der Waals surface area contributed by atoms with Crippen LogP contribution < -0.4 is 9.46 Å². The van der Waals surface area contributed by atoms with Crippen LogP contribution in [0.3, 0.4) is 0 Å². The predicted octanol–water partition coefficient (Wildman–Crippen LogP) is 1.86. The van der Waals surface area contributed by atoms with E-state index in [1.807, 2.05) is 18.2 Å². The van der Waals surface area contributed by atoms with Crippen LogP contribution in [0.1, 0.15) is 6.92 Å². The lowest BCUT2D eigenvalue weighted by atomic mass is 10.1. The average Bonchev–Trinajstić information content (AvgIpc) is 2.39. The van der Waals surface area contributed by atoms with Gasteiger partial charge in [0.15, 0.2) is 0 Å². The van der Waals surface area contributed by atoms with E-state index in [4.69, 9.17) is 4.74 Å². The lowest BCUT2D eigenvalue weighted by Gasteiger charge is -2.16. The molecule has 0 spiro atoms. The zero-order valence-electron chi connectivity index (χ0n) is 11.3. The van der Waals surface area contributed by atoms with Gasteiger partial charge in [0, 0.05) is 17.3 Å². The summed E-state index contributed by atoms with van der Waals surface area (Å²) >= 11 is 0. The Kier molecular flexibility index (Phi) is 4.15. The molecule has 0 saturated carbocycles. The lowest BCUT2D eigenvalue weighted by Crippen LogP contribution is -2.32. The van der Waals surface area contributed by atoms with Crippen molar-refractivity contribution >= 4 is 20.8 Å². The molecule has 2 N–H and O–H groups in total. The fourth-order valence-electron chi connectivity index (χ4n) is 1.89. The molecule has 0 amide bonds. The van der Waals surface area contributed by atoms with Crippen molar-refractivity contribution in [2.75, 3.05) is 12.8 Å². The number of nitrogens with one attached hydrogen (secondary N) is 1. The number of hydrogen-bond donors (Lipinski definition) is 2. The Morgan fingerprint density at radius 2 is 1.85 bits per heavy atom. The third-order valence-corrected chi connectivity index (χ3v) is 3.51. The molecule has 0 aliphatic rings. The van der Waals surface area contributed by atoms with Crippen molar-refractivity contribution in [2.24, 2.45) is 0 Å². The molecule has 0 radical (unpaired) electrons. The minimum Gasteiger partial charge on any atom is -0.507 e. The fraction of sp³-hybridized carbons (Fsp3) is 0.286. The third-order valence-electron chi connectivity index (χ3n) is 2.82. The van der Waals surface area contributed by atoms with Gasteiger partial charge in [0.1, 0.15) is 17.6 Å². The van der Waals surface area contributed by atoms with Gasteiger partial charge in [-0.25, -0.2) is 13.1 Å². The summed E-state index contributed by atoms with van der Waals surface area (Å²) in [6, 6.07) is 10.6. The Balaban J connectivity index is 2.20. The highest BCUT2D eigenvalue weighted by Gasteiger charge is 2.11. The van der Waals surface area contributed by atoms with Crippen LogP contribution >= 0.6 is 0 Å². The molecule has 0 heterocycles. The molecule has 2 aromatic carbocycles. The summed E-state index contributed by atoms with van der Waals surface area (Å²) < 4.78 is 30.2. The number of phenols is 1. The minimum absolute atomic E-state index is 0.189. The van der Waals surface area contributed by atoms with Crippen LogP contribution in [0.25, 0.3) is 10.8 Å². The molecule has 0 aliphatic heterocycles. The summed E-state index contributed by atoms with van der Waals surface area (Å²) in [4.78, 5) is 0. The Bertz CT molecular complexity index is 712. The number of phenolic OH excluding ortho intramolecular Hbond substituents is 1. The van der Waals surface area contributed by atoms with Crippen molar-refractivity contribution in [1.29, 1.82) is 0 Å². The van der Waals surface area contributed by atoms with Gasteiger partial charge in [0.05, 0.1) is 6.26 Å². The van der Waals surface area contributed by atoms with Crippen molar-refractivity contribution in [2.45, 2.75) is 13.0 Å². The second-order valence-electron chi connectivity index (χ2n) is 4.68. The van der Waals surface area contributed by atoms with E-state index >= 15 is 0 Å². The molecule has 0 fully saturated rings. The zero-order valence-corrected chi connectivity index (χ0v) is 12.1. The third kappa shape index (κ3) is 3.61. The second-order valence-corrected chi connectivity index (χ2v) is 6.51. The SMILES string of the molecule is CC(CNS(C)(=O)=O)Oc1ccc(O)c2ccccc12. The van der Waals surface area contributed by atoms with Gasteiger partial charge in [-0.3, -0.25) is 0 Å². The van der Waals surface area contributed by atoms with Gasteiger partial charge in [0.2, 0.25) is 10.0 Å². The summed E-state index contributed by atoms with van der Waals surface area (Å²) in [5.41, 5.74) is 0. The van der Waals surface area contributed by atoms with E-state index in [0.717, 1.165) is 11.6 Å². The molecule has 5 nitrogen and oxygen atoms in total. The van der Waals surface area contributed by atoms with Crippen molar-refractivity contribution < 1.29 is 18.3 Å². The Morgan fingerprint density at radius 1 is 1.20 bits per heavy atom. The van der Waals surface area contributed by atoms with Gasteiger partial charge in [-0.05, 0) is 19.1 Å². The number of aromatic hydroxyl groups is 1. The maximum absolute atomic E-state index is 11.0. The van der Waals surface area contributed by atoms with Crippen LogP contribution in [0.15, 0.2) is 36.4 Å². The summed E-state index contributed by atoms with van der Waals surface area (Å²) in [5.74, 6) is 0.802. The number of hydrogen-bond acceptors (Lipinski definition) is 4. The Labute approximate surface area is 118 Å². The van der Waals surface area contributed by atoms with Crippen LogP contribution in [0, 0.1) is 0 Å². The van der Waals surface area contributed by atoms with E-state index in [2.05, 4.69) is 4.72 Å². The van der Waals surface area contributed by atoms with E-state index in [9.17, 15) is 13.5 Å². The molecule has 0 aliphatic carbocycles. The minimum atomic E-state index is -3.23. The topological polar surface area (TPSA) is 75.6 Å². The highest BCUT2D eigenvalue weighted by molar-refractivity contribution is 7.88. The maximum atomic E-state index is 11.0. The molecule has 1 unspecified atom stereocenters. The maximum Gasteiger partial charge on any atom is 0.208 e. The number of benzene rings is 2. The molecule has 108 valence electrons. The van der Waals surface area contributed by atoms with Crippen molar-refractivity contribution in [3.05, 3.63) is 36.4 Å². The van der Waals surface area contributed by atoms with Gasteiger partial charge in [-0.1, -0.05) is 24.3 Å². The first-order valence-electron chi connectivity index (χ1n) is 6.19. The first kappa shape index (κ1) is 14.6. The largest absolute Gasteiger partial charge is 0.507 e. The van der Waals surface area contributed by atoms with E-state index < -0.39 is 10.0 Å². The van der Waals surface area contributed by atoms with Crippen molar-refractivity contribution in [3.8, 4) is 11.5 Å². The zero-order chi connectivity index (χ0) is 14.8. The molecular formula is C14H17NO4S. The molecule has 6 heteroatoms. The summed E-state index contributed by atoms with van der Waals surface area (Å²) in [7, 11) is -3.23. The second kappa shape index (κ2) is 5.68. The fourth-order valence-corrected chi connectivity index (χ4v) is 2.42. The first-order valence-corrected chi connectivity index (χ1v) is 8.08. The number of ether oxygens (including phenoxy) is 1. The molecule has 0 bridgehead atoms. The van der Waals surface area contributed by atoms with Gasteiger partial charge in [-0.2, -0.15) is 0 Å². The lowest BCUT2D eigenvalue weighted by molar-refractivity contribution is 0.227. The number of sulfonamides is 1. The van der Waals surface area contributed by atoms with Crippen LogP contribution in [0.2, 0.25) is 0 Å². The quantitative estimate of drug-likeness (QED) is 0.883. The van der Waals surface area contributed by atoms with E-state index in [0.29, 0.717) is 11.1 Å². The molecular weight excluding hydrogens is 278 g/mol. The smallest absolute Gasteiger partial charge is 0.208 e. The van der Waals surface area contributed by atoms with Crippen LogP contribution in [0.4, 0.5) is 0 Å². The average molecular weight is 295 g/mol. The highest BCUT2D eigenvalue weighted by Crippen LogP contribution is 2.32. The Hall–Kier alpha value is -1.79. The molecule has 2 aromatic rings. The highest BCUT2D eigenvalue weighted by atomic mass is 32.2. The molecule has 2 rings (SSSR count). The number of rotatable bonds is 5. The van der Waals surface area contributed by atoms with E-state index in [1.54, 1.807) is 25.1 Å². The molecule has 20 heavy (non-hydrogen) atoms. The van der Waals surface area contributed by atoms with E-state index in [1.165, 1.54) is 0 Å².